The molecule has 0 radical (unpaired) electrons. The van der Waals surface area contributed by atoms with Crippen LogP contribution in [-0.4, -0.2) is 28.3 Å². The van der Waals surface area contributed by atoms with Crippen molar-refractivity contribution in [2.45, 2.75) is 197 Å². The third-order valence-electron chi connectivity index (χ3n) is 12.5. The topological polar surface area (TPSA) is 61.8 Å². The van der Waals surface area contributed by atoms with E-state index in [1.54, 1.807) is 11.8 Å². The predicted molar refractivity (Wildman–Crippen MR) is 205 cm³/mol. The second-order valence-corrected chi connectivity index (χ2v) is 17.8. The Morgan fingerprint density at radius 1 is 0.660 bits per heavy atom. The lowest BCUT2D eigenvalue weighted by Crippen LogP contribution is -2.58. The van der Waals surface area contributed by atoms with Gasteiger partial charge in [-0.25, -0.2) is 0 Å². The average Bonchev–Trinajstić information content (AvgIpc) is 3.55. The summed E-state index contributed by atoms with van der Waals surface area (Å²) >= 11 is 1.63. The Kier molecular flexibility index (Phi) is 14.4. The highest BCUT2D eigenvalue weighted by Crippen LogP contribution is 2.75. The summed E-state index contributed by atoms with van der Waals surface area (Å²) in [6, 6.07) is 10.2. The van der Waals surface area contributed by atoms with Crippen LogP contribution in [0.4, 0.5) is 0 Å². The summed E-state index contributed by atoms with van der Waals surface area (Å²) < 4.78 is 18.3. The molecule has 0 unspecified atom stereocenters. The smallest absolute Gasteiger partial charge is 0.325 e. The highest BCUT2D eigenvalue weighted by atomic mass is 32.2. The van der Waals surface area contributed by atoms with E-state index in [9.17, 15) is 9.59 Å². The first-order chi connectivity index (χ1) is 24.3. The van der Waals surface area contributed by atoms with Gasteiger partial charge in [0.2, 0.25) is 11.6 Å². The SMILES string of the molecule is CCCCCCCCCCCC/C=C/[C@]12C(=O)O[C@]3(C)O[C@]4(C)OC(=O)[C@](Sc5ccccc5)(C[C@H]1CCCCCCCCCCCC)[C@@H]4[C@@H]32. The van der Waals surface area contributed by atoms with Crippen molar-refractivity contribution in [3.8, 4) is 0 Å². The number of carbonyl (C=O) groups is 2. The van der Waals surface area contributed by atoms with Gasteiger partial charge in [0.1, 0.15) is 4.75 Å². The first-order valence-corrected chi connectivity index (χ1v) is 21.7. The molecule has 5 nitrogen and oxygen atoms in total. The summed E-state index contributed by atoms with van der Waals surface area (Å²) in [5.41, 5.74) is -0.816. The molecule has 4 aliphatic rings. The Hall–Kier alpha value is -1.79. The third-order valence-corrected chi connectivity index (χ3v) is 13.9. The van der Waals surface area contributed by atoms with Gasteiger partial charge in [-0.2, -0.15) is 0 Å². The summed E-state index contributed by atoms with van der Waals surface area (Å²) in [6.45, 7) is 8.37. The van der Waals surface area contributed by atoms with Crippen molar-refractivity contribution < 1.29 is 23.8 Å². The van der Waals surface area contributed by atoms with E-state index in [2.05, 4.69) is 38.1 Å². The van der Waals surface area contributed by atoms with Gasteiger partial charge in [0.25, 0.3) is 0 Å². The summed E-state index contributed by atoms with van der Waals surface area (Å²) in [6.07, 6.45) is 32.8. The molecule has 3 heterocycles. The van der Waals surface area contributed by atoms with Crippen molar-refractivity contribution >= 4 is 23.7 Å². The maximum absolute atomic E-state index is 14.3. The van der Waals surface area contributed by atoms with Gasteiger partial charge in [-0.15, -0.1) is 11.8 Å². The normalized spacial score (nSPS) is 32.5. The van der Waals surface area contributed by atoms with E-state index in [1.807, 2.05) is 32.0 Å². The largest absolute Gasteiger partial charge is 0.432 e. The van der Waals surface area contributed by atoms with Crippen LogP contribution in [0.5, 0.6) is 0 Å². The fourth-order valence-corrected chi connectivity index (χ4v) is 11.7. The number of ether oxygens (including phenoxy) is 3. The molecule has 1 aromatic rings. The first kappa shape index (κ1) is 39.4. The standard InChI is InChI=1S/C44H68O5S/c1-5-7-9-11-13-15-17-18-20-22-24-29-33-43-35(30-26-23-21-19-16-14-12-10-8-6-2)34-44(50-36-31-27-25-28-32-36)38-37(43)41(3,47-39(43)45)49-42(38,4)48-40(44)46/h25,27-29,31-33,35,37-38H,5-24,26,30,34H2,1-4H3/b33-29+/t35-,37+,38-,41-,42+,43+,44+/m1/s1. The fraction of sp³-hybridized carbons (Fsp3) is 0.773. The number of carbonyl (C=O) groups excluding carboxylic acids is 2. The van der Waals surface area contributed by atoms with Crippen molar-refractivity contribution in [3.63, 3.8) is 0 Å². The zero-order valence-corrected chi connectivity index (χ0v) is 32.8. The molecule has 50 heavy (non-hydrogen) atoms. The number of unbranched alkanes of at least 4 members (excludes halogenated alkanes) is 19. The number of thioether (sulfide) groups is 1. The third kappa shape index (κ3) is 8.53. The monoisotopic (exact) mass is 708 g/mol. The number of benzene rings is 1. The molecule has 0 spiro atoms. The summed E-state index contributed by atoms with van der Waals surface area (Å²) in [5.74, 6) is -3.23. The Bertz CT molecular complexity index is 1250. The van der Waals surface area contributed by atoms with Crippen LogP contribution in [0.3, 0.4) is 0 Å². The van der Waals surface area contributed by atoms with Crippen molar-refractivity contribution in [1.29, 1.82) is 0 Å². The summed E-state index contributed by atoms with van der Waals surface area (Å²) in [7, 11) is 0. The van der Waals surface area contributed by atoms with Crippen LogP contribution < -0.4 is 0 Å². The van der Waals surface area contributed by atoms with E-state index >= 15 is 0 Å². The number of hydrogen-bond donors (Lipinski definition) is 0. The van der Waals surface area contributed by atoms with Gasteiger partial charge >= 0.3 is 11.9 Å². The number of rotatable bonds is 25. The molecular formula is C44H68O5S. The van der Waals surface area contributed by atoms with Crippen LogP contribution in [0.2, 0.25) is 0 Å². The molecule has 0 aromatic heterocycles. The second kappa shape index (κ2) is 18.3. The second-order valence-electron chi connectivity index (χ2n) is 16.4. The lowest BCUT2D eigenvalue weighted by molar-refractivity contribution is -0.280. The Labute approximate surface area is 308 Å². The molecule has 0 N–H and O–H groups in total. The van der Waals surface area contributed by atoms with Crippen LogP contribution in [0.1, 0.15) is 175 Å². The van der Waals surface area contributed by atoms with Gasteiger partial charge in [-0.05, 0) is 43.7 Å². The van der Waals surface area contributed by atoms with Crippen LogP contribution in [-0.2, 0) is 23.8 Å². The van der Waals surface area contributed by atoms with Crippen molar-refractivity contribution in [3.05, 3.63) is 42.5 Å². The van der Waals surface area contributed by atoms with Gasteiger partial charge in [0.05, 0.1) is 17.3 Å². The molecule has 7 atom stereocenters. The maximum Gasteiger partial charge on any atom is 0.325 e. The molecule has 1 saturated carbocycles. The zero-order valence-electron chi connectivity index (χ0n) is 32.0. The number of hydrogen-bond acceptors (Lipinski definition) is 6. The number of allylic oxidation sites excluding steroid dienone is 1. The van der Waals surface area contributed by atoms with Gasteiger partial charge in [-0.1, -0.05) is 166 Å². The number of esters is 2. The molecule has 1 aliphatic carbocycles. The van der Waals surface area contributed by atoms with Crippen LogP contribution in [0.25, 0.3) is 0 Å². The molecular weight excluding hydrogens is 641 g/mol. The van der Waals surface area contributed by atoms with Gasteiger partial charge in [0, 0.05) is 18.7 Å². The Morgan fingerprint density at radius 2 is 1.16 bits per heavy atom. The molecule has 0 amide bonds. The summed E-state index contributed by atoms with van der Waals surface area (Å²) in [5, 5.41) is 0. The molecule has 280 valence electrons. The maximum atomic E-state index is 14.3. The van der Waals surface area contributed by atoms with Crippen molar-refractivity contribution in [2.75, 3.05) is 0 Å². The van der Waals surface area contributed by atoms with Crippen LogP contribution in [0, 0.1) is 23.2 Å². The molecule has 4 fully saturated rings. The minimum absolute atomic E-state index is 0.0242. The molecule has 3 aliphatic heterocycles. The zero-order chi connectivity index (χ0) is 35.5. The minimum Gasteiger partial charge on any atom is -0.432 e. The average molecular weight is 709 g/mol. The van der Waals surface area contributed by atoms with Crippen molar-refractivity contribution in [1.82, 2.24) is 0 Å². The Balaban J connectivity index is 1.30. The van der Waals surface area contributed by atoms with E-state index in [0.29, 0.717) is 6.42 Å². The van der Waals surface area contributed by atoms with E-state index < -0.39 is 21.7 Å². The van der Waals surface area contributed by atoms with E-state index in [1.165, 1.54) is 109 Å². The van der Waals surface area contributed by atoms with E-state index in [-0.39, 0.29) is 29.7 Å². The highest BCUT2D eigenvalue weighted by Gasteiger charge is 2.86. The lowest BCUT2D eigenvalue weighted by Gasteiger charge is -2.50. The van der Waals surface area contributed by atoms with E-state index in [4.69, 9.17) is 14.2 Å². The molecule has 1 aromatic carbocycles. The quantitative estimate of drug-likeness (QED) is 0.0572. The van der Waals surface area contributed by atoms with Gasteiger partial charge in [0.15, 0.2) is 0 Å². The van der Waals surface area contributed by atoms with Crippen LogP contribution in [0.15, 0.2) is 47.4 Å². The molecule has 6 heteroatoms. The Morgan fingerprint density at radius 3 is 1.74 bits per heavy atom. The predicted octanol–water partition coefficient (Wildman–Crippen LogP) is 12.5. The highest BCUT2D eigenvalue weighted by molar-refractivity contribution is 8.01. The van der Waals surface area contributed by atoms with E-state index in [0.717, 1.165) is 37.0 Å². The van der Waals surface area contributed by atoms with Gasteiger partial charge < -0.3 is 9.47 Å². The molecule has 3 saturated heterocycles. The van der Waals surface area contributed by atoms with Crippen LogP contribution >= 0.6 is 11.8 Å². The van der Waals surface area contributed by atoms with Crippen molar-refractivity contribution in [2.24, 2.45) is 23.2 Å². The van der Waals surface area contributed by atoms with Gasteiger partial charge in [-0.3, -0.25) is 14.3 Å². The molecule has 5 rings (SSSR count). The first-order valence-electron chi connectivity index (χ1n) is 20.8. The fourth-order valence-electron chi connectivity index (χ4n) is 10.1. The molecule has 0 bridgehead atoms. The lowest BCUT2D eigenvalue weighted by atomic mass is 9.51. The minimum atomic E-state index is -1.13. The summed E-state index contributed by atoms with van der Waals surface area (Å²) in [4.78, 5) is 29.5.